The summed E-state index contributed by atoms with van der Waals surface area (Å²) >= 11 is 0. The van der Waals surface area contributed by atoms with E-state index in [2.05, 4.69) is 5.32 Å². The molecular weight excluding hydrogens is 267 g/mol. The maximum absolute atomic E-state index is 13.1. The molecule has 3 nitrogen and oxygen atoms in total. The van der Waals surface area contributed by atoms with Crippen LogP contribution >= 0.6 is 0 Å². The molecule has 1 heterocycles. The summed E-state index contributed by atoms with van der Waals surface area (Å²) in [6.07, 6.45) is 3.08. The van der Waals surface area contributed by atoms with Crippen molar-refractivity contribution < 1.29 is 9.18 Å². The third kappa shape index (κ3) is 3.43. The minimum atomic E-state index is -0.470. The van der Waals surface area contributed by atoms with Gasteiger partial charge in [0.2, 0.25) is 5.91 Å². The quantitative estimate of drug-likeness (QED) is 0.923. The zero-order valence-electron chi connectivity index (χ0n) is 13.2. The average Bonchev–Trinajstić information content (AvgIpc) is 2.49. The lowest BCUT2D eigenvalue weighted by atomic mass is 9.88. The topological polar surface area (TPSA) is 32.3 Å². The molecule has 0 aromatic heterocycles. The van der Waals surface area contributed by atoms with Crippen LogP contribution in [0.1, 0.15) is 51.6 Å². The first kappa shape index (κ1) is 16.0. The van der Waals surface area contributed by atoms with Crippen LogP contribution in [0, 0.1) is 5.82 Å². The van der Waals surface area contributed by atoms with Crippen LogP contribution in [0.4, 0.5) is 4.39 Å². The van der Waals surface area contributed by atoms with Gasteiger partial charge in [0.05, 0.1) is 11.6 Å². The number of likely N-dealkylation sites (N-methyl/N-ethyl adjacent to an activating group) is 1. The SMILES string of the molecule is CCN(C(=O)C1(C)CCCCN1)C(C)c1ccc(F)cc1. The fourth-order valence-electron chi connectivity index (χ4n) is 3.07. The lowest BCUT2D eigenvalue weighted by molar-refractivity contribution is -0.140. The van der Waals surface area contributed by atoms with Crippen molar-refractivity contribution in [1.29, 1.82) is 0 Å². The number of nitrogens with zero attached hydrogens (tertiary/aromatic N) is 1. The lowest BCUT2D eigenvalue weighted by Crippen LogP contribution is -2.58. The van der Waals surface area contributed by atoms with Crippen LogP contribution in [0.25, 0.3) is 0 Å². The molecule has 4 heteroatoms. The summed E-state index contributed by atoms with van der Waals surface area (Å²) in [5.41, 5.74) is 0.494. The highest BCUT2D eigenvalue weighted by Gasteiger charge is 2.38. The Morgan fingerprint density at radius 3 is 2.57 bits per heavy atom. The number of nitrogens with one attached hydrogen (secondary N) is 1. The molecular formula is C17H25FN2O. The van der Waals surface area contributed by atoms with Gasteiger partial charge in [0, 0.05) is 6.54 Å². The van der Waals surface area contributed by atoms with Crippen molar-refractivity contribution in [3.63, 3.8) is 0 Å². The van der Waals surface area contributed by atoms with Crippen LogP contribution in [0.15, 0.2) is 24.3 Å². The summed E-state index contributed by atoms with van der Waals surface area (Å²) in [4.78, 5) is 14.8. The van der Waals surface area contributed by atoms with Crippen LogP contribution in [-0.4, -0.2) is 29.4 Å². The van der Waals surface area contributed by atoms with Crippen LogP contribution in [-0.2, 0) is 4.79 Å². The molecule has 1 amide bonds. The van der Waals surface area contributed by atoms with E-state index in [-0.39, 0.29) is 17.8 Å². The highest BCUT2D eigenvalue weighted by Crippen LogP contribution is 2.27. The maximum Gasteiger partial charge on any atom is 0.243 e. The molecule has 2 rings (SSSR count). The highest BCUT2D eigenvalue weighted by atomic mass is 19.1. The Morgan fingerprint density at radius 1 is 1.38 bits per heavy atom. The highest BCUT2D eigenvalue weighted by molar-refractivity contribution is 5.86. The standard InChI is InChI=1S/C17H25FN2O/c1-4-20(13(2)14-7-9-15(18)10-8-14)16(21)17(3)11-5-6-12-19-17/h7-10,13,19H,4-6,11-12H2,1-3H3. The molecule has 0 radical (unpaired) electrons. The largest absolute Gasteiger partial charge is 0.335 e. The smallest absolute Gasteiger partial charge is 0.243 e. The zero-order valence-corrected chi connectivity index (χ0v) is 13.2. The van der Waals surface area contributed by atoms with E-state index in [1.165, 1.54) is 12.1 Å². The number of hydrogen-bond acceptors (Lipinski definition) is 2. The molecule has 116 valence electrons. The summed E-state index contributed by atoms with van der Waals surface area (Å²) in [6, 6.07) is 6.36. The molecule has 0 aliphatic carbocycles. The van der Waals surface area contributed by atoms with E-state index < -0.39 is 5.54 Å². The molecule has 21 heavy (non-hydrogen) atoms. The van der Waals surface area contributed by atoms with Gasteiger partial charge in [-0.3, -0.25) is 4.79 Å². The molecule has 1 saturated heterocycles. The summed E-state index contributed by atoms with van der Waals surface area (Å²) in [6.45, 7) is 7.53. The Morgan fingerprint density at radius 2 is 2.05 bits per heavy atom. The van der Waals surface area contributed by atoms with Crippen LogP contribution in [0.5, 0.6) is 0 Å². The molecule has 1 aliphatic heterocycles. The van der Waals surface area contributed by atoms with Crippen LogP contribution in [0.3, 0.4) is 0 Å². The summed E-state index contributed by atoms with van der Waals surface area (Å²) in [5, 5.41) is 3.37. The second kappa shape index (κ2) is 6.56. The molecule has 0 bridgehead atoms. The first-order valence-corrected chi connectivity index (χ1v) is 7.79. The monoisotopic (exact) mass is 292 g/mol. The van der Waals surface area contributed by atoms with Gasteiger partial charge in [-0.15, -0.1) is 0 Å². The zero-order chi connectivity index (χ0) is 15.5. The van der Waals surface area contributed by atoms with Gasteiger partial charge in [-0.25, -0.2) is 4.39 Å². The molecule has 1 aromatic carbocycles. The van der Waals surface area contributed by atoms with E-state index in [1.54, 1.807) is 12.1 Å². The number of carbonyl (C=O) groups is 1. The van der Waals surface area contributed by atoms with Crippen LogP contribution in [0.2, 0.25) is 0 Å². The lowest BCUT2D eigenvalue weighted by Gasteiger charge is -2.40. The van der Waals surface area contributed by atoms with Gasteiger partial charge >= 0.3 is 0 Å². The van der Waals surface area contributed by atoms with Crippen molar-refractivity contribution in [3.8, 4) is 0 Å². The van der Waals surface area contributed by atoms with Crippen molar-refractivity contribution in [2.75, 3.05) is 13.1 Å². The number of amides is 1. The van der Waals surface area contributed by atoms with Crippen LogP contribution < -0.4 is 5.32 Å². The van der Waals surface area contributed by atoms with E-state index >= 15 is 0 Å². The predicted molar refractivity (Wildman–Crippen MR) is 82.5 cm³/mol. The number of carbonyl (C=O) groups excluding carboxylic acids is 1. The first-order valence-electron chi connectivity index (χ1n) is 7.79. The van der Waals surface area contributed by atoms with Gasteiger partial charge in [0.15, 0.2) is 0 Å². The van der Waals surface area contributed by atoms with Crippen molar-refractivity contribution in [3.05, 3.63) is 35.6 Å². The summed E-state index contributed by atoms with van der Waals surface area (Å²) < 4.78 is 13.1. The number of hydrogen-bond donors (Lipinski definition) is 1. The van der Waals surface area contributed by atoms with Crippen molar-refractivity contribution in [1.82, 2.24) is 10.2 Å². The minimum Gasteiger partial charge on any atom is -0.335 e. The Hall–Kier alpha value is -1.42. The Balaban J connectivity index is 2.17. The third-order valence-electron chi connectivity index (χ3n) is 4.51. The van der Waals surface area contributed by atoms with E-state index in [0.717, 1.165) is 31.4 Å². The van der Waals surface area contributed by atoms with E-state index in [1.807, 2.05) is 25.7 Å². The normalized spacial score (nSPS) is 23.6. The van der Waals surface area contributed by atoms with Gasteiger partial charge in [-0.05, 0) is 64.3 Å². The van der Waals surface area contributed by atoms with Crippen molar-refractivity contribution in [2.45, 2.75) is 51.6 Å². The summed E-state index contributed by atoms with van der Waals surface area (Å²) in [7, 11) is 0. The van der Waals surface area contributed by atoms with Crippen molar-refractivity contribution >= 4 is 5.91 Å². The molecule has 1 aromatic rings. The van der Waals surface area contributed by atoms with Gasteiger partial charge < -0.3 is 10.2 Å². The molecule has 2 atom stereocenters. The third-order valence-corrected chi connectivity index (χ3v) is 4.51. The second-order valence-electron chi connectivity index (χ2n) is 6.03. The maximum atomic E-state index is 13.1. The molecule has 1 aliphatic rings. The van der Waals surface area contributed by atoms with Gasteiger partial charge in [0.1, 0.15) is 5.82 Å². The molecule has 0 spiro atoms. The van der Waals surface area contributed by atoms with Gasteiger partial charge in [-0.2, -0.15) is 0 Å². The Bertz CT molecular complexity index is 480. The Labute approximate surface area is 126 Å². The van der Waals surface area contributed by atoms with Gasteiger partial charge in [0.25, 0.3) is 0 Å². The fraction of sp³-hybridized carbons (Fsp3) is 0.588. The van der Waals surface area contributed by atoms with Crippen molar-refractivity contribution in [2.24, 2.45) is 0 Å². The molecule has 1 fully saturated rings. The number of benzene rings is 1. The average molecular weight is 292 g/mol. The number of rotatable bonds is 4. The Kier molecular flexibility index (Phi) is 4.99. The summed E-state index contributed by atoms with van der Waals surface area (Å²) in [5.74, 6) is -0.109. The van der Waals surface area contributed by atoms with E-state index in [9.17, 15) is 9.18 Å². The first-order chi connectivity index (χ1) is 9.98. The fourth-order valence-corrected chi connectivity index (χ4v) is 3.07. The molecule has 1 N–H and O–H groups in total. The van der Waals surface area contributed by atoms with Gasteiger partial charge in [-0.1, -0.05) is 12.1 Å². The number of halogens is 1. The molecule has 0 saturated carbocycles. The second-order valence-corrected chi connectivity index (χ2v) is 6.03. The number of piperidine rings is 1. The minimum absolute atomic E-state index is 0.0522. The van der Waals surface area contributed by atoms with E-state index in [4.69, 9.17) is 0 Å². The van der Waals surface area contributed by atoms with E-state index in [0.29, 0.717) is 6.54 Å². The molecule has 2 unspecified atom stereocenters. The predicted octanol–water partition coefficient (Wildman–Crippen LogP) is 3.27.